The first-order chi connectivity index (χ1) is 12.5. The predicted molar refractivity (Wildman–Crippen MR) is 91.0 cm³/mol. The van der Waals surface area contributed by atoms with Crippen molar-refractivity contribution in [2.24, 2.45) is 0 Å². The molecule has 2 heterocycles. The zero-order valence-corrected chi connectivity index (χ0v) is 14.0. The zero-order valence-electron chi connectivity index (χ0n) is 13.3. The van der Waals surface area contributed by atoms with Crippen molar-refractivity contribution in [1.82, 2.24) is 10.2 Å². The fourth-order valence-electron chi connectivity index (χ4n) is 2.71. The zero-order chi connectivity index (χ0) is 18.3. The molecule has 2 aromatic carbocycles. The third-order valence-electron chi connectivity index (χ3n) is 4.04. The second-order valence-corrected chi connectivity index (χ2v) is 6.11. The van der Waals surface area contributed by atoms with Crippen LogP contribution in [0.2, 0.25) is 5.02 Å². The molecule has 8 heteroatoms. The third-order valence-corrected chi connectivity index (χ3v) is 4.37. The van der Waals surface area contributed by atoms with Gasteiger partial charge in [0.15, 0.2) is 11.5 Å². The van der Waals surface area contributed by atoms with E-state index in [1.165, 1.54) is 24.3 Å². The van der Waals surface area contributed by atoms with E-state index in [9.17, 15) is 14.0 Å². The number of hydrogen-bond donors (Lipinski definition) is 1. The van der Waals surface area contributed by atoms with Crippen molar-refractivity contribution in [3.05, 3.63) is 64.1 Å². The second-order valence-electron chi connectivity index (χ2n) is 5.70. The number of halogens is 2. The number of carbonyl (C=O) groups is 2. The largest absolute Gasteiger partial charge is 0.454 e. The highest BCUT2D eigenvalue weighted by atomic mass is 35.5. The molecule has 2 aliphatic heterocycles. The second kappa shape index (κ2) is 6.34. The highest BCUT2D eigenvalue weighted by Gasteiger charge is 2.34. The lowest BCUT2D eigenvalue weighted by molar-refractivity contribution is -0.123. The molecule has 26 heavy (non-hydrogen) atoms. The number of nitrogens with zero attached hydrogens (tertiary/aromatic N) is 1. The molecule has 3 amide bonds. The summed E-state index contributed by atoms with van der Waals surface area (Å²) in [5.74, 6) is -0.0299. The van der Waals surface area contributed by atoms with Gasteiger partial charge < -0.3 is 14.8 Å². The lowest BCUT2D eigenvalue weighted by atomic mass is 10.1. The predicted octanol–water partition coefficient (Wildman–Crippen LogP) is 3.30. The van der Waals surface area contributed by atoms with Crippen LogP contribution in [0.1, 0.15) is 11.1 Å². The Balaban J connectivity index is 1.61. The number of rotatable bonds is 3. The van der Waals surface area contributed by atoms with E-state index in [4.69, 9.17) is 21.1 Å². The topological polar surface area (TPSA) is 67.9 Å². The summed E-state index contributed by atoms with van der Waals surface area (Å²) in [4.78, 5) is 25.6. The fraction of sp³-hybridized carbons (Fsp3) is 0.111. The summed E-state index contributed by atoms with van der Waals surface area (Å²) in [5.41, 5.74) is 0.790. The van der Waals surface area contributed by atoms with Crippen molar-refractivity contribution < 1.29 is 23.5 Å². The minimum atomic E-state index is -0.624. The Morgan fingerprint density at radius 2 is 1.92 bits per heavy atom. The molecule has 2 aliphatic rings. The van der Waals surface area contributed by atoms with Crippen molar-refractivity contribution in [1.29, 1.82) is 0 Å². The van der Waals surface area contributed by atoms with Crippen LogP contribution < -0.4 is 14.8 Å². The van der Waals surface area contributed by atoms with E-state index in [-0.39, 0.29) is 24.6 Å². The van der Waals surface area contributed by atoms with Crippen LogP contribution in [0.25, 0.3) is 6.08 Å². The smallest absolute Gasteiger partial charge is 0.329 e. The van der Waals surface area contributed by atoms with Gasteiger partial charge in [-0.05, 0) is 23.8 Å². The molecule has 0 unspecified atom stereocenters. The first-order valence-electron chi connectivity index (χ1n) is 7.70. The van der Waals surface area contributed by atoms with Gasteiger partial charge >= 0.3 is 6.03 Å². The van der Waals surface area contributed by atoms with Crippen LogP contribution in [-0.4, -0.2) is 23.6 Å². The van der Waals surface area contributed by atoms with Crippen LogP contribution in [0.5, 0.6) is 11.5 Å². The van der Waals surface area contributed by atoms with E-state index in [0.717, 1.165) is 4.90 Å². The van der Waals surface area contributed by atoms with E-state index in [1.54, 1.807) is 18.2 Å². The molecule has 4 rings (SSSR count). The molecule has 0 bridgehead atoms. The summed E-state index contributed by atoms with van der Waals surface area (Å²) in [6, 6.07) is 8.55. The molecule has 132 valence electrons. The molecule has 0 radical (unpaired) electrons. The lowest BCUT2D eigenvalue weighted by Crippen LogP contribution is -2.30. The van der Waals surface area contributed by atoms with Crippen molar-refractivity contribution in [2.45, 2.75) is 6.54 Å². The van der Waals surface area contributed by atoms with Gasteiger partial charge in [-0.3, -0.25) is 9.69 Å². The SMILES string of the molecule is O=C1NC(=Cc2cc3c(cc2Cl)OCO3)C(=O)N1Cc1ccccc1F. The van der Waals surface area contributed by atoms with Crippen LogP contribution in [0.15, 0.2) is 42.1 Å². The molecular weight excluding hydrogens is 363 g/mol. The molecule has 0 aliphatic carbocycles. The third kappa shape index (κ3) is 2.86. The fourth-order valence-corrected chi connectivity index (χ4v) is 2.92. The van der Waals surface area contributed by atoms with E-state index in [0.29, 0.717) is 22.1 Å². The van der Waals surface area contributed by atoms with Crippen molar-refractivity contribution >= 4 is 29.6 Å². The first-order valence-corrected chi connectivity index (χ1v) is 8.08. The average molecular weight is 375 g/mol. The van der Waals surface area contributed by atoms with Gasteiger partial charge in [0.1, 0.15) is 11.5 Å². The summed E-state index contributed by atoms with van der Waals surface area (Å²) in [6.45, 7) is -0.0681. The highest BCUT2D eigenvalue weighted by molar-refractivity contribution is 6.32. The van der Waals surface area contributed by atoms with Crippen LogP contribution in [0.4, 0.5) is 9.18 Å². The molecule has 0 saturated carbocycles. The standard InChI is InChI=1S/C18H12ClFN2O4/c19-12-7-16-15(25-9-26-16)6-11(12)5-14-17(23)22(18(24)21-14)8-10-3-1-2-4-13(10)20/h1-7H,8-9H2,(H,21,24). The maximum absolute atomic E-state index is 13.8. The summed E-state index contributed by atoms with van der Waals surface area (Å²) < 4.78 is 24.3. The van der Waals surface area contributed by atoms with E-state index < -0.39 is 17.8 Å². The summed E-state index contributed by atoms with van der Waals surface area (Å²) in [5, 5.41) is 2.83. The van der Waals surface area contributed by atoms with Gasteiger partial charge in [-0.25, -0.2) is 9.18 Å². The maximum atomic E-state index is 13.8. The van der Waals surface area contributed by atoms with Gasteiger partial charge in [0.25, 0.3) is 5.91 Å². The van der Waals surface area contributed by atoms with E-state index >= 15 is 0 Å². The van der Waals surface area contributed by atoms with Gasteiger partial charge in [-0.1, -0.05) is 29.8 Å². The first kappa shape index (κ1) is 16.4. The van der Waals surface area contributed by atoms with Gasteiger partial charge in [0.05, 0.1) is 11.6 Å². The number of nitrogens with one attached hydrogen (secondary N) is 1. The van der Waals surface area contributed by atoms with Crippen LogP contribution in [0, 0.1) is 5.82 Å². The maximum Gasteiger partial charge on any atom is 0.329 e. The molecule has 0 atom stereocenters. The highest BCUT2D eigenvalue weighted by Crippen LogP contribution is 2.37. The number of carbonyl (C=O) groups excluding carboxylic acids is 2. The van der Waals surface area contributed by atoms with Crippen molar-refractivity contribution in [2.75, 3.05) is 6.79 Å². The van der Waals surface area contributed by atoms with Gasteiger partial charge in [0.2, 0.25) is 6.79 Å². The number of fused-ring (bicyclic) bond motifs is 1. The number of imide groups is 1. The summed E-state index contributed by atoms with van der Waals surface area (Å²) in [7, 11) is 0. The Labute approximate surface area is 152 Å². The van der Waals surface area contributed by atoms with Gasteiger partial charge in [0, 0.05) is 11.6 Å². The van der Waals surface area contributed by atoms with Gasteiger partial charge in [-0.2, -0.15) is 0 Å². The van der Waals surface area contributed by atoms with E-state index in [1.807, 2.05) is 0 Å². The molecular formula is C18H12ClFN2O4. The van der Waals surface area contributed by atoms with E-state index in [2.05, 4.69) is 5.32 Å². The van der Waals surface area contributed by atoms with Gasteiger partial charge in [-0.15, -0.1) is 0 Å². The minimum Gasteiger partial charge on any atom is -0.454 e. The number of ether oxygens (including phenoxy) is 2. The Hall–Kier alpha value is -3.06. The summed E-state index contributed by atoms with van der Waals surface area (Å²) >= 11 is 6.19. The normalized spacial score (nSPS) is 17.2. The quantitative estimate of drug-likeness (QED) is 0.661. The molecule has 6 nitrogen and oxygen atoms in total. The number of benzene rings is 2. The Morgan fingerprint density at radius 1 is 1.19 bits per heavy atom. The van der Waals surface area contributed by atoms with Crippen molar-refractivity contribution in [3.8, 4) is 11.5 Å². The van der Waals surface area contributed by atoms with Crippen LogP contribution in [0.3, 0.4) is 0 Å². The molecule has 2 aromatic rings. The van der Waals surface area contributed by atoms with Crippen molar-refractivity contribution in [3.63, 3.8) is 0 Å². The molecule has 1 N–H and O–H groups in total. The molecule has 1 saturated heterocycles. The monoisotopic (exact) mass is 374 g/mol. The number of urea groups is 1. The average Bonchev–Trinajstić information content (AvgIpc) is 3.16. The molecule has 1 fully saturated rings. The molecule has 0 spiro atoms. The van der Waals surface area contributed by atoms with Crippen LogP contribution in [-0.2, 0) is 11.3 Å². The number of amides is 3. The van der Waals surface area contributed by atoms with Crippen LogP contribution >= 0.6 is 11.6 Å². The number of hydrogen-bond acceptors (Lipinski definition) is 4. The Bertz CT molecular complexity index is 960. The Morgan fingerprint density at radius 3 is 2.69 bits per heavy atom. The lowest BCUT2D eigenvalue weighted by Gasteiger charge is -2.12. The minimum absolute atomic E-state index is 0.0482. The summed E-state index contributed by atoms with van der Waals surface area (Å²) in [6.07, 6.45) is 1.45. The Kier molecular flexibility index (Phi) is 4.00. The molecule has 0 aromatic heterocycles.